The van der Waals surface area contributed by atoms with Crippen LogP contribution in [0.4, 0.5) is 5.69 Å². The first-order valence-electron chi connectivity index (χ1n) is 4.87. The van der Waals surface area contributed by atoms with E-state index in [1.54, 1.807) is 24.3 Å². The largest absolute Gasteiger partial charge is 0.390 e. The van der Waals surface area contributed by atoms with Crippen LogP contribution in [0, 0.1) is 0 Å². The highest BCUT2D eigenvalue weighted by molar-refractivity contribution is 7.91. The van der Waals surface area contributed by atoms with E-state index in [4.69, 9.17) is 11.6 Å². The molecular weight excluding hydrogens is 250 g/mol. The summed E-state index contributed by atoms with van der Waals surface area (Å²) < 4.78 is 22.6. The maximum Gasteiger partial charge on any atom is 0.155 e. The van der Waals surface area contributed by atoms with Gasteiger partial charge in [0.2, 0.25) is 0 Å². The van der Waals surface area contributed by atoms with Crippen molar-refractivity contribution in [3.63, 3.8) is 0 Å². The van der Waals surface area contributed by atoms with Gasteiger partial charge in [0.25, 0.3) is 0 Å². The lowest BCUT2D eigenvalue weighted by atomic mass is 10.2. The second kappa shape index (κ2) is 4.24. The zero-order chi connectivity index (χ0) is 11.8. The predicted molar refractivity (Wildman–Crippen MR) is 63.5 cm³/mol. The number of rotatable bonds is 2. The number of anilines is 1. The molecule has 1 aromatic rings. The zero-order valence-corrected chi connectivity index (χ0v) is 10.0. The number of hydrogen-bond donors (Lipinski definition) is 2. The van der Waals surface area contributed by atoms with Crippen LogP contribution in [0.1, 0.15) is 0 Å². The fourth-order valence-corrected chi connectivity index (χ4v) is 3.68. The summed E-state index contributed by atoms with van der Waals surface area (Å²) in [5, 5.41) is 13.1. The fraction of sp³-hybridized carbons (Fsp3) is 0.400. The molecular formula is C10H12ClNO3S. The molecule has 1 aromatic carbocycles. The number of sulfone groups is 1. The molecule has 6 heteroatoms. The molecule has 1 heterocycles. The Kier molecular flexibility index (Phi) is 3.10. The maximum atomic E-state index is 11.3. The van der Waals surface area contributed by atoms with Gasteiger partial charge >= 0.3 is 0 Å². The number of benzene rings is 1. The van der Waals surface area contributed by atoms with Crippen molar-refractivity contribution >= 4 is 27.1 Å². The van der Waals surface area contributed by atoms with Crippen molar-refractivity contribution in [2.24, 2.45) is 0 Å². The highest BCUT2D eigenvalue weighted by Crippen LogP contribution is 2.24. The average molecular weight is 262 g/mol. The van der Waals surface area contributed by atoms with E-state index in [0.29, 0.717) is 10.7 Å². The molecule has 0 spiro atoms. The van der Waals surface area contributed by atoms with E-state index >= 15 is 0 Å². The van der Waals surface area contributed by atoms with Crippen molar-refractivity contribution in [2.75, 3.05) is 16.8 Å². The fourth-order valence-electron chi connectivity index (χ4n) is 1.74. The molecule has 0 amide bonds. The van der Waals surface area contributed by atoms with Crippen LogP contribution in [0.15, 0.2) is 24.3 Å². The SMILES string of the molecule is O=S1(=O)C[C@H](Nc2ccccc2Cl)[C@@H](O)C1. The lowest BCUT2D eigenvalue weighted by Crippen LogP contribution is -2.31. The molecule has 1 fully saturated rings. The number of aliphatic hydroxyl groups is 1. The lowest BCUT2D eigenvalue weighted by molar-refractivity contribution is 0.190. The highest BCUT2D eigenvalue weighted by atomic mass is 35.5. The lowest BCUT2D eigenvalue weighted by Gasteiger charge is -2.17. The van der Waals surface area contributed by atoms with E-state index in [1.807, 2.05) is 0 Å². The second-order valence-corrected chi connectivity index (χ2v) is 6.44. The van der Waals surface area contributed by atoms with E-state index in [2.05, 4.69) is 5.32 Å². The van der Waals surface area contributed by atoms with Crippen molar-refractivity contribution in [3.8, 4) is 0 Å². The number of halogens is 1. The molecule has 16 heavy (non-hydrogen) atoms. The standard InChI is InChI=1S/C10H12ClNO3S/c11-7-3-1-2-4-8(7)12-9-5-16(14,15)6-10(9)13/h1-4,9-10,12-13H,5-6H2/t9-,10-/m0/s1. The van der Waals surface area contributed by atoms with Gasteiger partial charge in [-0.1, -0.05) is 23.7 Å². The molecule has 0 aromatic heterocycles. The van der Waals surface area contributed by atoms with Crippen LogP contribution in [-0.4, -0.2) is 37.2 Å². The van der Waals surface area contributed by atoms with Crippen LogP contribution >= 0.6 is 11.6 Å². The van der Waals surface area contributed by atoms with Gasteiger partial charge in [-0.15, -0.1) is 0 Å². The van der Waals surface area contributed by atoms with Gasteiger partial charge in [-0.25, -0.2) is 8.42 Å². The molecule has 1 saturated heterocycles. The minimum Gasteiger partial charge on any atom is -0.390 e. The molecule has 0 bridgehead atoms. The van der Waals surface area contributed by atoms with Crippen molar-refractivity contribution < 1.29 is 13.5 Å². The molecule has 0 radical (unpaired) electrons. The molecule has 1 aliphatic rings. The van der Waals surface area contributed by atoms with Crippen LogP contribution in [0.2, 0.25) is 5.02 Å². The van der Waals surface area contributed by atoms with Crippen molar-refractivity contribution in [2.45, 2.75) is 12.1 Å². The third-order valence-corrected chi connectivity index (χ3v) is 4.58. The quantitative estimate of drug-likeness (QED) is 0.831. The molecule has 0 saturated carbocycles. The van der Waals surface area contributed by atoms with Gasteiger partial charge in [-0.3, -0.25) is 0 Å². The third-order valence-electron chi connectivity index (χ3n) is 2.54. The number of para-hydroxylation sites is 1. The second-order valence-electron chi connectivity index (χ2n) is 3.87. The maximum absolute atomic E-state index is 11.3. The number of aliphatic hydroxyl groups excluding tert-OH is 1. The summed E-state index contributed by atoms with van der Waals surface area (Å²) in [6.45, 7) is 0. The Hall–Kier alpha value is -0.780. The molecule has 0 aliphatic carbocycles. The van der Waals surface area contributed by atoms with Crippen LogP contribution in [0.3, 0.4) is 0 Å². The van der Waals surface area contributed by atoms with E-state index in [9.17, 15) is 13.5 Å². The smallest absolute Gasteiger partial charge is 0.155 e. The van der Waals surface area contributed by atoms with Gasteiger partial charge < -0.3 is 10.4 Å². The van der Waals surface area contributed by atoms with E-state index in [-0.39, 0.29) is 11.5 Å². The van der Waals surface area contributed by atoms with Crippen molar-refractivity contribution in [1.82, 2.24) is 0 Å². The Labute approximate surface area is 99.2 Å². The van der Waals surface area contributed by atoms with Gasteiger partial charge in [0.15, 0.2) is 9.84 Å². The Bertz CT molecular complexity index is 489. The average Bonchev–Trinajstić information content (AvgIpc) is 2.44. The molecule has 2 rings (SSSR count). The van der Waals surface area contributed by atoms with E-state index in [1.165, 1.54) is 0 Å². The Morgan fingerprint density at radius 3 is 2.56 bits per heavy atom. The van der Waals surface area contributed by atoms with E-state index < -0.39 is 22.0 Å². The third kappa shape index (κ3) is 2.48. The van der Waals surface area contributed by atoms with Gasteiger partial charge in [0.05, 0.1) is 34.4 Å². The Morgan fingerprint density at radius 2 is 2.00 bits per heavy atom. The van der Waals surface area contributed by atoms with Crippen LogP contribution in [0.25, 0.3) is 0 Å². The Balaban J connectivity index is 2.15. The minimum absolute atomic E-state index is 0.0562. The predicted octanol–water partition coefficient (Wildman–Crippen LogP) is 0.910. The van der Waals surface area contributed by atoms with Crippen LogP contribution in [0.5, 0.6) is 0 Å². The molecule has 0 unspecified atom stereocenters. The monoisotopic (exact) mass is 261 g/mol. The van der Waals surface area contributed by atoms with Crippen molar-refractivity contribution in [3.05, 3.63) is 29.3 Å². The molecule has 1 aliphatic heterocycles. The van der Waals surface area contributed by atoms with Gasteiger partial charge in [0.1, 0.15) is 0 Å². The molecule has 4 nitrogen and oxygen atoms in total. The molecule has 2 atom stereocenters. The number of nitrogens with one attached hydrogen (secondary N) is 1. The summed E-state index contributed by atoms with van der Waals surface area (Å²) in [6, 6.07) is 6.56. The highest BCUT2D eigenvalue weighted by Gasteiger charge is 2.36. The molecule has 2 N–H and O–H groups in total. The van der Waals surface area contributed by atoms with Crippen molar-refractivity contribution in [1.29, 1.82) is 0 Å². The topological polar surface area (TPSA) is 66.4 Å². The first-order chi connectivity index (χ1) is 7.48. The minimum atomic E-state index is -3.13. The summed E-state index contributed by atoms with van der Waals surface area (Å²) in [5.41, 5.74) is 0.644. The van der Waals surface area contributed by atoms with E-state index in [0.717, 1.165) is 0 Å². The first-order valence-corrected chi connectivity index (χ1v) is 7.07. The van der Waals surface area contributed by atoms with Crippen LogP contribution in [-0.2, 0) is 9.84 Å². The normalized spacial score (nSPS) is 27.9. The summed E-state index contributed by atoms with van der Waals surface area (Å²) in [6.07, 6.45) is -0.874. The first kappa shape index (κ1) is 11.7. The summed E-state index contributed by atoms with van der Waals surface area (Å²) in [7, 11) is -3.13. The van der Waals surface area contributed by atoms with Gasteiger partial charge in [-0.05, 0) is 12.1 Å². The molecule has 88 valence electrons. The Morgan fingerprint density at radius 1 is 1.31 bits per heavy atom. The summed E-state index contributed by atoms with van der Waals surface area (Å²) >= 11 is 5.93. The van der Waals surface area contributed by atoms with Gasteiger partial charge in [0, 0.05) is 0 Å². The number of hydrogen-bond acceptors (Lipinski definition) is 4. The summed E-state index contributed by atoms with van der Waals surface area (Å²) in [4.78, 5) is 0. The summed E-state index contributed by atoms with van der Waals surface area (Å²) in [5.74, 6) is -0.242. The van der Waals surface area contributed by atoms with Crippen LogP contribution < -0.4 is 5.32 Å². The van der Waals surface area contributed by atoms with Gasteiger partial charge in [-0.2, -0.15) is 0 Å². The zero-order valence-electron chi connectivity index (χ0n) is 8.43.